The third kappa shape index (κ3) is 4.95. The summed E-state index contributed by atoms with van der Waals surface area (Å²) in [6, 6.07) is 13.4. The molecule has 0 radical (unpaired) electrons. The number of ether oxygens (including phenoxy) is 2. The number of methoxy groups -OCH3 is 1. The van der Waals surface area contributed by atoms with Crippen molar-refractivity contribution in [2.75, 3.05) is 12.4 Å². The molecule has 0 saturated heterocycles. The van der Waals surface area contributed by atoms with E-state index >= 15 is 0 Å². The lowest BCUT2D eigenvalue weighted by atomic mass is 10.1. The molecule has 1 heterocycles. The van der Waals surface area contributed by atoms with E-state index in [4.69, 9.17) is 9.47 Å². The summed E-state index contributed by atoms with van der Waals surface area (Å²) in [4.78, 5) is 24.2. The summed E-state index contributed by atoms with van der Waals surface area (Å²) in [5.41, 5.74) is 1.25. The number of aromatic nitrogens is 4. The molecule has 0 aliphatic heterocycles. The summed E-state index contributed by atoms with van der Waals surface area (Å²) >= 11 is 0. The number of nitrogens with one attached hydrogen (secondary N) is 1. The zero-order valence-corrected chi connectivity index (χ0v) is 16.3. The molecule has 0 atom stereocenters. The quantitative estimate of drug-likeness (QED) is 0.613. The first-order chi connectivity index (χ1) is 14.0. The first-order valence-electron chi connectivity index (χ1n) is 8.97. The van der Waals surface area contributed by atoms with Gasteiger partial charge in [0.15, 0.2) is 5.82 Å². The maximum atomic E-state index is 12.6. The van der Waals surface area contributed by atoms with Crippen LogP contribution in [0.2, 0.25) is 0 Å². The number of hydrogen-bond acceptors (Lipinski definition) is 7. The number of amides is 1. The van der Waals surface area contributed by atoms with Crippen LogP contribution in [0.5, 0.6) is 5.75 Å². The summed E-state index contributed by atoms with van der Waals surface area (Å²) < 4.78 is 12.1. The lowest BCUT2D eigenvalue weighted by molar-refractivity contribution is 0.0600. The van der Waals surface area contributed by atoms with Crippen LogP contribution in [0.25, 0.3) is 0 Å². The molecule has 1 N–H and O–H groups in total. The summed E-state index contributed by atoms with van der Waals surface area (Å²) in [7, 11) is 1.30. The second-order valence-electron chi connectivity index (χ2n) is 6.48. The highest BCUT2D eigenvalue weighted by Crippen LogP contribution is 2.18. The molecule has 29 heavy (non-hydrogen) atoms. The maximum absolute atomic E-state index is 12.6. The van der Waals surface area contributed by atoms with Crippen molar-refractivity contribution < 1.29 is 19.1 Å². The van der Waals surface area contributed by atoms with Crippen molar-refractivity contribution >= 4 is 17.6 Å². The molecule has 2 aromatic carbocycles. The minimum atomic E-state index is -0.472. The molecule has 0 unspecified atom stereocenters. The van der Waals surface area contributed by atoms with E-state index in [0.29, 0.717) is 28.4 Å². The Bertz CT molecular complexity index is 1020. The average Bonchev–Trinajstić information content (AvgIpc) is 3.21. The van der Waals surface area contributed by atoms with E-state index in [-0.39, 0.29) is 18.6 Å². The molecule has 0 aliphatic rings. The topological polar surface area (TPSA) is 108 Å². The van der Waals surface area contributed by atoms with E-state index in [0.717, 1.165) is 0 Å². The van der Waals surface area contributed by atoms with E-state index < -0.39 is 5.97 Å². The Labute approximate surface area is 167 Å². The Kier molecular flexibility index (Phi) is 6.18. The number of carbonyl (C=O) groups is 2. The number of esters is 1. The summed E-state index contributed by atoms with van der Waals surface area (Å²) in [6.07, 6.45) is 0. The van der Waals surface area contributed by atoms with Gasteiger partial charge in [0.05, 0.1) is 18.7 Å². The van der Waals surface area contributed by atoms with Gasteiger partial charge in [-0.15, -0.1) is 5.10 Å². The van der Waals surface area contributed by atoms with Gasteiger partial charge < -0.3 is 14.8 Å². The predicted octanol–water partition coefficient (Wildman–Crippen LogP) is 2.87. The minimum Gasteiger partial charge on any atom is -0.486 e. The Morgan fingerprint density at radius 3 is 2.62 bits per heavy atom. The van der Waals surface area contributed by atoms with E-state index in [1.54, 1.807) is 53.2 Å². The maximum Gasteiger partial charge on any atom is 0.337 e. The molecule has 3 aromatic rings. The number of benzene rings is 2. The van der Waals surface area contributed by atoms with Crippen molar-refractivity contribution in [2.45, 2.75) is 26.5 Å². The monoisotopic (exact) mass is 395 g/mol. The van der Waals surface area contributed by atoms with E-state index in [9.17, 15) is 9.59 Å². The van der Waals surface area contributed by atoms with Crippen LogP contribution in [-0.2, 0) is 11.3 Å². The molecule has 1 aromatic heterocycles. The largest absolute Gasteiger partial charge is 0.486 e. The predicted molar refractivity (Wildman–Crippen MR) is 105 cm³/mol. The zero-order valence-electron chi connectivity index (χ0n) is 16.3. The number of carbonyl (C=O) groups excluding carboxylic acids is 2. The van der Waals surface area contributed by atoms with Crippen molar-refractivity contribution in [3.8, 4) is 5.75 Å². The Morgan fingerprint density at radius 1 is 1.10 bits per heavy atom. The van der Waals surface area contributed by atoms with Crippen LogP contribution in [0.3, 0.4) is 0 Å². The van der Waals surface area contributed by atoms with Gasteiger partial charge in [0, 0.05) is 11.3 Å². The molecular weight excluding hydrogens is 374 g/mol. The van der Waals surface area contributed by atoms with Crippen molar-refractivity contribution in [3.63, 3.8) is 0 Å². The molecule has 9 nitrogen and oxygen atoms in total. The van der Waals surface area contributed by atoms with Crippen LogP contribution in [-0.4, -0.2) is 39.2 Å². The lowest BCUT2D eigenvalue weighted by Crippen LogP contribution is -2.13. The second kappa shape index (κ2) is 8.96. The van der Waals surface area contributed by atoms with Crippen LogP contribution < -0.4 is 10.1 Å². The first kappa shape index (κ1) is 20.0. The highest BCUT2D eigenvalue weighted by Gasteiger charge is 2.12. The smallest absolute Gasteiger partial charge is 0.337 e. The molecule has 0 bridgehead atoms. The highest BCUT2D eigenvalue weighted by atomic mass is 16.5. The van der Waals surface area contributed by atoms with Crippen molar-refractivity contribution in [1.29, 1.82) is 0 Å². The molecule has 150 valence electrons. The van der Waals surface area contributed by atoms with Gasteiger partial charge in [0.1, 0.15) is 12.4 Å². The van der Waals surface area contributed by atoms with E-state index in [2.05, 4.69) is 20.8 Å². The number of nitrogens with zero attached hydrogens (tertiary/aromatic N) is 4. The number of rotatable bonds is 7. The third-order valence-electron chi connectivity index (χ3n) is 4.06. The summed E-state index contributed by atoms with van der Waals surface area (Å²) in [5.74, 6) is 0.304. The minimum absolute atomic E-state index is 0.112. The molecule has 9 heteroatoms. The fourth-order valence-electron chi connectivity index (χ4n) is 2.63. The van der Waals surface area contributed by atoms with Gasteiger partial charge in [-0.25, -0.2) is 9.48 Å². The van der Waals surface area contributed by atoms with Crippen LogP contribution in [0.4, 0.5) is 5.69 Å². The van der Waals surface area contributed by atoms with Gasteiger partial charge in [-0.05, 0) is 60.7 Å². The normalized spacial score (nSPS) is 10.6. The zero-order chi connectivity index (χ0) is 20.8. The fraction of sp³-hybridized carbons (Fsp3) is 0.250. The third-order valence-corrected chi connectivity index (χ3v) is 4.06. The number of anilines is 1. The van der Waals surface area contributed by atoms with Crippen molar-refractivity contribution in [3.05, 3.63) is 65.5 Å². The van der Waals surface area contributed by atoms with Crippen LogP contribution >= 0.6 is 0 Å². The average molecular weight is 395 g/mol. The van der Waals surface area contributed by atoms with Crippen LogP contribution in [0.1, 0.15) is 46.4 Å². The van der Waals surface area contributed by atoms with Crippen molar-refractivity contribution in [2.24, 2.45) is 0 Å². The molecule has 3 rings (SSSR count). The summed E-state index contributed by atoms with van der Waals surface area (Å²) in [5, 5.41) is 14.3. The Balaban J connectivity index is 1.68. The second-order valence-corrected chi connectivity index (χ2v) is 6.48. The Hall–Kier alpha value is -3.75. The van der Waals surface area contributed by atoms with E-state index in [1.165, 1.54) is 7.11 Å². The fourth-order valence-corrected chi connectivity index (χ4v) is 2.63. The van der Waals surface area contributed by atoms with Crippen LogP contribution in [0.15, 0.2) is 48.5 Å². The summed E-state index contributed by atoms with van der Waals surface area (Å²) in [6.45, 7) is 4.12. The van der Waals surface area contributed by atoms with E-state index in [1.807, 2.05) is 13.8 Å². The highest BCUT2D eigenvalue weighted by molar-refractivity contribution is 6.05. The standard InChI is InChI=1S/C20H21N5O4/c1-13(2)25-18(22-23-24-25)12-29-17-9-5-6-14(11-17)19(26)21-16-8-4-7-15(10-16)20(27)28-3/h4-11,13H,12H2,1-3H3,(H,21,26). The van der Waals surface area contributed by atoms with Gasteiger partial charge >= 0.3 is 5.97 Å². The number of hydrogen-bond donors (Lipinski definition) is 1. The lowest BCUT2D eigenvalue weighted by Gasteiger charge is -2.10. The van der Waals surface area contributed by atoms with Crippen LogP contribution in [0, 0.1) is 0 Å². The SMILES string of the molecule is COC(=O)c1cccc(NC(=O)c2cccc(OCc3nnnn3C(C)C)c2)c1. The van der Waals surface area contributed by atoms with Gasteiger partial charge in [0.2, 0.25) is 0 Å². The Morgan fingerprint density at radius 2 is 1.86 bits per heavy atom. The molecule has 0 aliphatic carbocycles. The van der Waals surface area contributed by atoms with Gasteiger partial charge in [-0.2, -0.15) is 0 Å². The van der Waals surface area contributed by atoms with Gasteiger partial charge in [-0.3, -0.25) is 4.79 Å². The molecule has 0 spiro atoms. The molecule has 0 saturated carbocycles. The first-order valence-corrected chi connectivity index (χ1v) is 8.97. The molecular formula is C20H21N5O4. The van der Waals surface area contributed by atoms with Crippen molar-refractivity contribution in [1.82, 2.24) is 20.2 Å². The van der Waals surface area contributed by atoms with Gasteiger partial charge in [0.25, 0.3) is 5.91 Å². The molecule has 1 amide bonds. The number of tetrazole rings is 1. The molecule has 0 fully saturated rings. The van der Waals surface area contributed by atoms with Gasteiger partial charge in [-0.1, -0.05) is 12.1 Å².